The number of piperidine rings is 1. The summed E-state index contributed by atoms with van der Waals surface area (Å²) in [7, 11) is 0. The number of nitrogens with zero attached hydrogens (tertiary/aromatic N) is 1. The smallest absolute Gasteiger partial charge is 0.411 e. The van der Waals surface area contributed by atoms with E-state index in [2.05, 4.69) is 0 Å². The molecule has 1 heterocycles. The highest BCUT2D eigenvalue weighted by atomic mass is 16.6. The molecule has 1 amide bonds. The molecule has 1 atom stereocenters. The standard InChI is InChI=1S/C25H37NO6/c1-16(2)18-11-10-12-19(17(3)4)22(18)31-21(27)15-30-23(28)20-13-8-9-14-26(20)24(29)32-25(5,6)7/h10-12,16-17,20H,8-9,13-15H2,1-7H3. The Balaban J connectivity index is 2.05. The van der Waals surface area contributed by atoms with Gasteiger partial charge in [-0.3, -0.25) is 4.90 Å². The first-order valence-corrected chi connectivity index (χ1v) is 11.4. The zero-order valence-corrected chi connectivity index (χ0v) is 20.4. The summed E-state index contributed by atoms with van der Waals surface area (Å²) in [5.74, 6) is -0.388. The van der Waals surface area contributed by atoms with Crippen molar-refractivity contribution in [3.8, 4) is 5.75 Å². The molecule has 1 aromatic rings. The van der Waals surface area contributed by atoms with Gasteiger partial charge < -0.3 is 14.2 Å². The monoisotopic (exact) mass is 447 g/mol. The molecule has 32 heavy (non-hydrogen) atoms. The lowest BCUT2D eigenvalue weighted by atomic mass is 9.94. The third kappa shape index (κ3) is 6.97. The van der Waals surface area contributed by atoms with Crippen LogP contribution in [0.1, 0.15) is 90.7 Å². The van der Waals surface area contributed by atoms with E-state index in [1.54, 1.807) is 20.8 Å². The van der Waals surface area contributed by atoms with Crippen molar-refractivity contribution in [2.24, 2.45) is 0 Å². The Morgan fingerprint density at radius 1 is 1.03 bits per heavy atom. The maximum atomic E-state index is 12.7. The molecule has 1 aliphatic rings. The molecule has 1 fully saturated rings. The number of hydrogen-bond donors (Lipinski definition) is 0. The van der Waals surface area contributed by atoms with Crippen molar-refractivity contribution in [3.05, 3.63) is 29.3 Å². The zero-order valence-electron chi connectivity index (χ0n) is 20.4. The average Bonchev–Trinajstić information content (AvgIpc) is 2.70. The van der Waals surface area contributed by atoms with Gasteiger partial charge >= 0.3 is 18.0 Å². The van der Waals surface area contributed by atoms with Crippen molar-refractivity contribution in [1.29, 1.82) is 0 Å². The van der Waals surface area contributed by atoms with Gasteiger partial charge in [0.2, 0.25) is 0 Å². The lowest BCUT2D eigenvalue weighted by Crippen LogP contribution is -2.50. The van der Waals surface area contributed by atoms with Crippen LogP contribution in [0.4, 0.5) is 4.79 Å². The molecule has 2 rings (SSSR count). The fourth-order valence-corrected chi connectivity index (χ4v) is 3.69. The number of rotatable bonds is 6. The molecular formula is C25H37NO6. The number of carbonyl (C=O) groups is 3. The number of amides is 1. The van der Waals surface area contributed by atoms with Crippen molar-refractivity contribution in [3.63, 3.8) is 0 Å². The van der Waals surface area contributed by atoms with Gasteiger partial charge in [-0.05, 0) is 63.0 Å². The van der Waals surface area contributed by atoms with Crippen LogP contribution in [0.25, 0.3) is 0 Å². The van der Waals surface area contributed by atoms with Crippen LogP contribution >= 0.6 is 0 Å². The highest BCUT2D eigenvalue weighted by Gasteiger charge is 2.36. The van der Waals surface area contributed by atoms with E-state index < -0.39 is 36.3 Å². The van der Waals surface area contributed by atoms with Crippen molar-refractivity contribution in [2.45, 2.75) is 91.2 Å². The molecule has 0 saturated carbocycles. The van der Waals surface area contributed by atoms with Crippen molar-refractivity contribution in [2.75, 3.05) is 13.2 Å². The van der Waals surface area contributed by atoms with E-state index in [-0.39, 0.29) is 11.8 Å². The maximum absolute atomic E-state index is 12.7. The summed E-state index contributed by atoms with van der Waals surface area (Å²) in [6.45, 7) is 13.4. The molecular weight excluding hydrogens is 410 g/mol. The van der Waals surface area contributed by atoms with Crippen LogP contribution in [0.5, 0.6) is 5.75 Å². The molecule has 1 aromatic carbocycles. The number of carbonyl (C=O) groups excluding carboxylic acids is 3. The number of likely N-dealkylation sites (tertiary alicyclic amines) is 1. The van der Waals surface area contributed by atoms with Gasteiger partial charge in [-0.2, -0.15) is 0 Å². The fraction of sp³-hybridized carbons (Fsp3) is 0.640. The topological polar surface area (TPSA) is 82.1 Å². The Hall–Kier alpha value is -2.57. The molecule has 1 aliphatic heterocycles. The SMILES string of the molecule is CC(C)c1cccc(C(C)C)c1OC(=O)COC(=O)C1CCCCN1C(=O)OC(C)(C)C. The lowest BCUT2D eigenvalue weighted by molar-refractivity contribution is -0.158. The van der Waals surface area contributed by atoms with Gasteiger partial charge in [0, 0.05) is 6.54 Å². The second kappa shape index (κ2) is 10.8. The van der Waals surface area contributed by atoms with Gasteiger partial charge in [-0.15, -0.1) is 0 Å². The number of hydrogen-bond acceptors (Lipinski definition) is 6. The van der Waals surface area contributed by atoms with Crippen molar-refractivity contribution in [1.82, 2.24) is 4.90 Å². The highest BCUT2D eigenvalue weighted by molar-refractivity contribution is 5.84. The normalized spacial score (nSPS) is 16.8. The zero-order chi connectivity index (χ0) is 24.1. The molecule has 7 heteroatoms. The number of benzene rings is 1. The van der Waals surface area contributed by atoms with Crippen LogP contribution in [-0.2, 0) is 19.1 Å². The first-order valence-electron chi connectivity index (χ1n) is 11.4. The molecule has 0 radical (unpaired) electrons. The summed E-state index contributed by atoms with van der Waals surface area (Å²) in [5, 5.41) is 0. The third-order valence-corrected chi connectivity index (χ3v) is 5.27. The van der Waals surface area contributed by atoms with Gasteiger partial charge in [0.15, 0.2) is 6.61 Å². The molecule has 7 nitrogen and oxygen atoms in total. The largest absolute Gasteiger partial charge is 0.452 e. The molecule has 178 valence electrons. The molecule has 0 aromatic heterocycles. The second-order valence-corrected chi connectivity index (χ2v) is 9.84. The molecule has 1 saturated heterocycles. The number of esters is 2. The predicted octanol–water partition coefficient (Wildman–Crippen LogP) is 5.17. The van der Waals surface area contributed by atoms with E-state index in [0.717, 1.165) is 24.0 Å². The molecule has 0 aliphatic carbocycles. The van der Waals surface area contributed by atoms with Crippen LogP contribution in [0.3, 0.4) is 0 Å². The summed E-state index contributed by atoms with van der Waals surface area (Å²) in [6, 6.07) is 5.06. The summed E-state index contributed by atoms with van der Waals surface area (Å²) in [4.78, 5) is 39.2. The average molecular weight is 448 g/mol. The maximum Gasteiger partial charge on any atom is 0.411 e. The first-order chi connectivity index (χ1) is 14.9. The lowest BCUT2D eigenvalue weighted by Gasteiger charge is -2.35. The predicted molar refractivity (Wildman–Crippen MR) is 122 cm³/mol. The quantitative estimate of drug-likeness (QED) is 0.442. The van der Waals surface area contributed by atoms with E-state index in [1.165, 1.54) is 4.90 Å². The van der Waals surface area contributed by atoms with Gasteiger partial charge in [0.1, 0.15) is 17.4 Å². The van der Waals surface area contributed by atoms with Crippen molar-refractivity contribution >= 4 is 18.0 Å². The summed E-state index contributed by atoms with van der Waals surface area (Å²) >= 11 is 0. The summed E-state index contributed by atoms with van der Waals surface area (Å²) in [5.41, 5.74) is 1.20. The summed E-state index contributed by atoms with van der Waals surface area (Å²) < 4.78 is 16.3. The Morgan fingerprint density at radius 2 is 1.62 bits per heavy atom. The fourth-order valence-electron chi connectivity index (χ4n) is 3.69. The Labute approximate surface area is 191 Å². The minimum Gasteiger partial charge on any atom is -0.452 e. The Kier molecular flexibility index (Phi) is 8.70. The highest BCUT2D eigenvalue weighted by Crippen LogP contribution is 2.34. The molecule has 0 spiro atoms. The van der Waals surface area contributed by atoms with E-state index in [0.29, 0.717) is 18.7 Å². The van der Waals surface area contributed by atoms with Crippen LogP contribution in [-0.4, -0.2) is 47.7 Å². The van der Waals surface area contributed by atoms with E-state index in [1.807, 2.05) is 45.9 Å². The number of ether oxygens (including phenoxy) is 3. The van der Waals surface area contributed by atoms with Gasteiger partial charge in [0.25, 0.3) is 0 Å². The van der Waals surface area contributed by atoms with E-state index in [9.17, 15) is 14.4 Å². The third-order valence-electron chi connectivity index (χ3n) is 5.27. The van der Waals surface area contributed by atoms with Gasteiger partial charge in [0.05, 0.1) is 0 Å². The molecule has 0 N–H and O–H groups in total. The minimum absolute atomic E-state index is 0.170. The van der Waals surface area contributed by atoms with Crippen LogP contribution < -0.4 is 4.74 Å². The summed E-state index contributed by atoms with van der Waals surface area (Å²) in [6.07, 6.45) is 1.51. The molecule has 1 unspecified atom stereocenters. The van der Waals surface area contributed by atoms with Gasteiger partial charge in [-0.1, -0.05) is 45.9 Å². The van der Waals surface area contributed by atoms with Crippen LogP contribution in [0.15, 0.2) is 18.2 Å². The minimum atomic E-state index is -0.763. The van der Waals surface area contributed by atoms with Crippen molar-refractivity contribution < 1.29 is 28.6 Å². The molecule has 0 bridgehead atoms. The second-order valence-electron chi connectivity index (χ2n) is 9.84. The van der Waals surface area contributed by atoms with E-state index in [4.69, 9.17) is 14.2 Å². The van der Waals surface area contributed by atoms with Crippen LogP contribution in [0, 0.1) is 0 Å². The Morgan fingerprint density at radius 3 is 2.16 bits per heavy atom. The number of para-hydroxylation sites is 1. The van der Waals surface area contributed by atoms with Crippen LogP contribution in [0.2, 0.25) is 0 Å². The van der Waals surface area contributed by atoms with Gasteiger partial charge in [-0.25, -0.2) is 14.4 Å². The Bertz CT molecular complexity index is 798. The van der Waals surface area contributed by atoms with E-state index >= 15 is 0 Å². The first kappa shape index (κ1) is 25.7.